The second-order valence-electron chi connectivity index (χ2n) is 6.50. The number of nitrogens with one attached hydrogen (secondary N) is 2. The summed E-state index contributed by atoms with van der Waals surface area (Å²) in [5.74, 6) is -1.05. The van der Waals surface area contributed by atoms with E-state index in [1.807, 2.05) is 6.92 Å². The molecule has 3 atom stereocenters. The van der Waals surface area contributed by atoms with Gasteiger partial charge in [-0.25, -0.2) is 8.78 Å². The van der Waals surface area contributed by atoms with Crippen LogP contribution in [0.4, 0.5) is 8.78 Å². The predicted octanol–water partition coefficient (Wildman–Crippen LogP) is 2.92. The number of aliphatic imine (C=N–C) groups is 1. The average molecular weight is 482 g/mol. The first-order valence-electron chi connectivity index (χ1n) is 8.68. The molecule has 0 bridgehead atoms. The molecule has 1 aliphatic heterocycles. The summed E-state index contributed by atoms with van der Waals surface area (Å²) in [5.41, 5.74) is 0.664. The van der Waals surface area contributed by atoms with Crippen LogP contribution in [0, 0.1) is 11.6 Å². The Labute approximate surface area is 171 Å². The molecular formula is C18H29F2IN4O. The van der Waals surface area contributed by atoms with Gasteiger partial charge in [-0.3, -0.25) is 9.89 Å². The summed E-state index contributed by atoms with van der Waals surface area (Å²) in [6.45, 7) is 9.37. The Bertz CT molecular complexity index is 603. The van der Waals surface area contributed by atoms with E-state index in [-0.39, 0.29) is 30.0 Å². The van der Waals surface area contributed by atoms with E-state index in [1.54, 1.807) is 13.1 Å². The van der Waals surface area contributed by atoms with E-state index in [9.17, 15) is 8.78 Å². The topological polar surface area (TPSA) is 48.9 Å². The fraction of sp³-hybridized carbons (Fsp3) is 0.611. The lowest BCUT2D eigenvalue weighted by Gasteiger charge is -2.38. The van der Waals surface area contributed by atoms with Gasteiger partial charge >= 0.3 is 0 Å². The zero-order chi connectivity index (χ0) is 18.4. The fourth-order valence-electron chi connectivity index (χ4n) is 3.02. The smallest absolute Gasteiger partial charge is 0.191 e. The molecule has 0 aliphatic carbocycles. The van der Waals surface area contributed by atoms with Crippen LogP contribution in [0.3, 0.4) is 0 Å². The Balaban J connectivity index is 0.00000338. The molecule has 5 nitrogen and oxygen atoms in total. The van der Waals surface area contributed by atoms with Crippen LogP contribution in [-0.2, 0) is 4.74 Å². The van der Waals surface area contributed by atoms with Crippen molar-refractivity contribution in [2.75, 3.05) is 33.4 Å². The van der Waals surface area contributed by atoms with E-state index in [0.717, 1.165) is 32.4 Å². The van der Waals surface area contributed by atoms with Gasteiger partial charge < -0.3 is 15.4 Å². The third-order valence-electron chi connectivity index (χ3n) is 4.57. The molecule has 26 heavy (non-hydrogen) atoms. The monoisotopic (exact) mass is 482 g/mol. The Morgan fingerprint density at radius 3 is 2.69 bits per heavy atom. The van der Waals surface area contributed by atoms with Crippen molar-refractivity contribution in [2.45, 2.75) is 38.9 Å². The summed E-state index contributed by atoms with van der Waals surface area (Å²) < 4.78 is 31.9. The van der Waals surface area contributed by atoms with Crippen molar-refractivity contribution in [3.05, 3.63) is 35.4 Å². The van der Waals surface area contributed by atoms with Crippen molar-refractivity contribution in [3.8, 4) is 0 Å². The Kier molecular flexibility index (Phi) is 9.73. The number of hydrogen-bond donors (Lipinski definition) is 2. The molecule has 148 valence electrons. The van der Waals surface area contributed by atoms with Crippen LogP contribution in [0.25, 0.3) is 0 Å². The number of halogens is 3. The lowest BCUT2D eigenvalue weighted by atomic mass is 10.1. The first kappa shape index (κ1) is 23.0. The minimum absolute atomic E-state index is 0. The van der Waals surface area contributed by atoms with Crippen LogP contribution < -0.4 is 10.6 Å². The van der Waals surface area contributed by atoms with Gasteiger partial charge in [-0.2, -0.15) is 0 Å². The molecular weight excluding hydrogens is 453 g/mol. The van der Waals surface area contributed by atoms with E-state index in [0.29, 0.717) is 23.6 Å². The minimum atomic E-state index is -0.843. The SMILES string of the molecule is CN=C(NCC(C)N1CCOCC1C)NC(C)c1ccc(F)c(F)c1.I. The molecule has 1 aliphatic rings. The maximum Gasteiger partial charge on any atom is 0.191 e. The lowest BCUT2D eigenvalue weighted by molar-refractivity contribution is -0.0174. The van der Waals surface area contributed by atoms with Gasteiger partial charge in [0.05, 0.1) is 19.3 Å². The summed E-state index contributed by atoms with van der Waals surface area (Å²) in [7, 11) is 1.69. The maximum absolute atomic E-state index is 13.4. The molecule has 0 radical (unpaired) electrons. The molecule has 1 aromatic rings. The first-order chi connectivity index (χ1) is 11.9. The molecule has 1 fully saturated rings. The number of guanidine groups is 1. The molecule has 1 saturated heterocycles. The van der Waals surface area contributed by atoms with Crippen molar-refractivity contribution in [2.24, 2.45) is 4.99 Å². The van der Waals surface area contributed by atoms with Crippen LogP contribution in [0.2, 0.25) is 0 Å². The van der Waals surface area contributed by atoms with Gasteiger partial charge in [0.1, 0.15) is 0 Å². The summed E-state index contributed by atoms with van der Waals surface area (Å²) >= 11 is 0. The van der Waals surface area contributed by atoms with Gasteiger partial charge in [0, 0.05) is 32.2 Å². The minimum Gasteiger partial charge on any atom is -0.379 e. The van der Waals surface area contributed by atoms with Gasteiger partial charge in [-0.15, -0.1) is 24.0 Å². The standard InChI is InChI=1S/C18H28F2N4O.HI/c1-12(24-7-8-25-11-13(24)2)10-22-18(21-4)23-14(3)15-5-6-16(19)17(20)9-15;/h5-6,9,12-14H,7-8,10-11H2,1-4H3,(H2,21,22,23);1H. The van der Waals surface area contributed by atoms with Gasteiger partial charge in [-0.05, 0) is 38.5 Å². The lowest BCUT2D eigenvalue weighted by Crippen LogP contribution is -2.53. The molecule has 1 heterocycles. The second kappa shape index (κ2) is 11.0. The van der Waals surface area contributed by atoms with Crippen LogP contribution >= 0.6 is 24.0 Å². The number of rotatable bonds is 5. The van der Waals surface area contributed by atoms with Crippen molar-refractivity contribution >= 4 is 29.9 Å². The molecule has 0 aromatic heterocycles. The zero-order valence-electron chi connectivity index (χ0n) is 15.8. The Morgan fingerprint density at radius 2 is 2.08 bits per heavy atom. The quantitative estimate of drug-likeness (QED) is 0.385. The molecule has 2 N–H and O–H groups in total. The summed E-state index contributed by atoms with van der Waals surface area (Å²) in [6, 6.07) is 4.44. The Morgan fingerprint density at radius 1 is 1.35 bits per heavy atom. The second-order valence-corrected chi connectivity index (χ2v) is 6.50. The first-order valence-corrected chi connectivity index (χ1v) is 8.68. The van der Waals surface area contributed by atoms with Gasteiger partial charge in [0.2, 0.25) is 0 Å². The highest BCUT2D eigenvalue weighted by atomic mass is 127. The third-order valence-corrected chi connectivity index (χ3v) is 4.57. The molecule has 2 rings (SSSR count). The van der Waals surface area contributed by atoms with Crippen molar-refractivity contribution in [1.29, 1.82) is 0 Å². The normalized spacial score (nSPS) is 20.8. The summed E-state index contributed by atoms with van der Waals surface area (Å²) in [4.78, 5) is 6.62. The van der Waals surface area contributed by atoms with Gasteiger partial charge in [-0.1, -0.05) is 6.07 Å². The van der Waals surface area contributed by atoms with Crippen LogP contribution in [-0.4, -0.2) is 56.3 Å². The zero-order valence-corrected chi connectivity index (χ0v) is 18.1. The highest BCUT2D eigenvalue weighted by Gasteiger charge is 2.23. The number of hydrogen-bond acceptors (Lipinski definition) is 3. The van der Waals surface area contributed by atoms with E-state index in [1.165, 1.54) is 6.07 Å². The molecule has 0 saturated carbocycles. The van der Waals surface area contributed by atoms with E-state index in [2.05, 4.69) is 34.4 Å². The maximum atomic E-state index is 13.4. The van der Waals surface area contributed by atoms with Crippen molar-refractivity contribution < 1.29 is 13.5 Å². The largest absolute Gasteiger partial charge is 0.379 e. The summed E-state index contributed by atoms with van der Waals surface area (Å²) in [6.07, 6.45) is 0. The van der Waals surface area contributed by atoms with Gasteiger partial charge in [0.15, 0.2) is 17.6 Å². The summed E-state index contributed by atoms with van der Waals surface area (Å²) in [5, 5.41) is 6.51. The molecule has 0 amide bonds. The van der Waals surface area contributed by atoms with Gasteiger partial charge in [0.25, 0.3) is 0 Å². The number of ether oxygens (including phenoxy) is 1. The van der Waals surface area contributed by atoms with E-state index < -0.39 is 11.6 Å². The fourth-order valence-corrected chi connectivity index (χ4v) is 3.02. The van der Waals surface area contributed by atoms with Crippen LogP contribution in [0.15, 0.2) is 23.2 Å². The highest BCUT2D eigenvalue weighted by molar-refractivity contribution is 14.0. The molecule has 0 spiro atoms. The van der Waals surface area contributed by atoms with Crippen molar-refractivity contribution in [1.82, 2.24) is 15.5 Å². The van der Waals surface area contributed by atoms with Crippen LogP contribution in [0.5, 0.6) is 0 Å². The number of benzene rings is 1. The Hall–Kier alpha value is -1.00. The van der Waals surface area contributed by atoms with Crippen LogP contribution in [0.1, 0.15) is 32.4 Å². The molecule has 1 aromatic carbocycles. The molecule has 3 unspecified atom stereocenters. The highest BCUT2D eigenvalue weighted by Crippen LogP contribution is 2.16. The van der Waals surface area contributed by atoms with Crippen molar-refractivity contribution in [3.63, 3.8) is 0 Å². The average Bonchev–Trinajstić information content (AvgIpc) is 2.60. The number of morpholine rings is 1. The van der Waals surface area contributed by atoms with E-state index in [4.69, 9.17) is 4.74 Å². The third kappa shape index (κ3) is 6.31. The van der Waals surface area contributed by atoms with E-state index >= 15 is 0 Å². The molecule has 8 heteroatoms. The number of nitrogens with zero attached hydrogens (tertiary/aromatic N) is 2. The predicted molar refractivity (Wildman–Crippen MR) is 111 cm³/mol.